The number of rotatable bonds is 5. The molecule has 1 aliphatic carbocycles. The lowest BCUT2D eigenvalue weighted by Crippen LogP contribution is -2.32. The Morgan fingerprint density at radius 1 is 1.58 bits per heavy atom. The molecule has 6 heteroatoms. The molecule has 0 bridgehead atoms. The molecule has 2 atom stereocenters. The second-order valence-corrected chi connectivity index (χ2v) is 5.99. The quantitative estimate of drug-likeness (QED) is 0.771. The zero-order chi connectivity index (χ0) is 13.7. The first kappa shape index (κ1) is 14.3. The van der Waals surface area contributed by atoms with E-state index in [0.717, 1.165) is 37.4 Å². The fraction of sp³-hybridized carbons (Fsp3) is 0.692. The van der Waals surface area contributed by atoms with Crippen LogP contribution in [0, 0.1) is 5.92 Å². The van der Waals surface area contributed by atoms with E-state index in [4.69, 9.17) is 0 Å². The average molecular weight is 283 g/mol. The fourth-order valence-corrected chi connectivity index (χ4v) is 3.18. The van der Waals surface area contributed by atoms with Crippen molar-refractivity contribution in [3.05, 3.63) is 11.1 Å². The number of aliphatic hydroxyl groups is 1. The van der Waals surface area contributed by atoms with Crippen LogP contribution in [0.15, 0.2) is 6.20 Å². The Hall–Kier alpha value is -1.14. The van der Waals surface area contributed by atoms with Crippen molar-refractivity contribution in [2.24, 2.45) is 5.92 Å². The van der Waals surface area contributed by atoms with Crippen LogP contribution in [-0.4, -0.2) is 35.2 Å². The van der Waals surface area contributed by atoms with E-state index in [1.54, 1.807) is 6.20 Å². The predicted molar refractivity (Wildman–Crippen MR) is 76.6 cm³/mol. The molecule has 0 spiro atoms. The Kier molecular flexibility index (Phi) is 5.15. The number of hydrogen-bond acceptors (Lipinski definition) is 5. The summed E-state index contributed by atoms with van der Waals surface area (Å²) in [5, 5.41) is 16.4. The normalized spacial score (nSPS) is 23.1. The standard InChI is InChI=1S/C13H21N3O2S/c1-2-14-13-16-8-11(19-13)12(18)15-7-9-4-3-5-10(17)6-9/h8-10,17H,2-7H2,1H3,(H,14,16)(H,15,18). The van der Waals surface area contributed by atoms with Gasteiger partial charge in [-0.3, -0.25) is 4.79 Å². The van der Waals surface area contributed by atoms with E-state index in [1.807, 2.05) is 6.92 Å². The molecule has 0 aliphatic heterocycles. The number of carbonyl (C=O) groups excluding carboxylic acids is 1. The molecule has 0 aromatic carbocycles. The van der Waals surface area contributed by atoms with Crippen LogP contribution >= 0.6 is 11.3 Å². The predicted octanol–water partition coefficient (Wildman–Crippen LogP) is 1.86. The van der Waals surface area contributed by atoms with Gasteiger partial charge in [0.05, 0.1) is 12.3 Å². The van der Waals surface area contributed by atoms with Crippen LogP contribution in [-0.2, 0) is 0 Å². The highest BCUT2D eigenvalue weighted by Gasteiger charge is 2.21. The van der Waals surface area contributed by atoms with Gasteiger partial charge in [0.1, 0.15) is 4.88 Å². The molecule has 1 aromatic heterocycles. The molecule has 0 radical (unpaired) electrons. The van der Waals surface area contributed by atoms with Gasteiger partial charge in [-0.25, -0.2) is 4.98 Å². The van der Waals surface area contributed by atoms with E-state index in [2.05, 4.69) is 15.6 Å². The van der Waals surface area contributed by atoms with E-state index in [9.17, 15) is 9.90 Å². The Morgan fingerprint density at radius 2 is 2.42 bits per heavy atom. The molecule has 3 N–H and O–H groups in total. The highest BCUT2D eigenvalue weighted by molar-refractivity contribution is 7.17. The molecule has 5 nitrogen and oxygen atoms in total. The van der Waals surface area contributed by atoms with Gasteiger partial charge in [0.15, 0.2) is 5.13 Å². The van der Waals surface area contributed by atoms with Gasteiger partial charge in [-0.1, -0.05) is 17.8 Å². The van der Waals surface area contributed by atoms with Crippen molar-refractivity contribution in [2.45, 2.75) is 38.7 Å². The Balaban J connectivity index is 1.79. The minimum Gasteiger partial charge on any atom is -0.393 e. The zero-order valence-corrected chi connectivity index (χ0v) is 12.0. The van der Waals surface area contributed by atoms with Gasteiger partial charge in [0.2, 0.25) is 0 Å². The first-order valence-corrected chi connectivity index (χ1v) is 7.66. The summed E-state index contributed by atoms with van der Waals surface area (Å²) in [5.41, 5.74) is 0. The minimum atomic E-state index is -0.195. The van der Waals surface area contributed by atoms with E-state index < -0.39 is 0 Å². The van der Waals surface area contributed by atoms with Crippen molar-refractivity contribution in [1.29, 1.82) is 0 Å². The SMILES string of the molecule is CCNc1ncc(C(=O)NCC2CCCC(O)C2)s1. The van der Waals surface area contributed by atoms with Gasteiger partial charge >= 0.3 is 0 Å². The van der Waals surface area contributed by atoms with Gasteiger partial charge in [0.25, 0.3) is 5.91 Å². The first-order valence-electron chi connectivity index (χ1n) is 6.85. The smallest absolute Gasteiger partial charge is 0.263 e. The molecule has 0 saturated heterocycles. The molecule has 1 saturated carbocycles. The summed E-state index contributed by atoms with van der Waals surface area (Å²) in [4.78, 5) is 16.7. The van der Waals surface area contributed by atoms with Crippen LogP contribution in [0.1, 0.15) is 42.3 Å². The molecule has 1 fully saturated rings. The van der Waals surface area contributed by atoms with Crippen molar-refractivity contribution in [3.8, 4) is 0 Å². The van der Waals surface area contributed by atoms with E-state index in [1.165, 1.54) is 11.3 Å². The number of thiazole rings is 1. The Labute approximate surface area is 117 Å². The summed E-state index contributed by atoms with van der Waals surface area (Å²) >= 11 is 1.37. The number of carbonyl (C=O) groups is 1. The highest BCUT2D eigenvalue weighted by atomic mass is 32.1. The average Bonchev–Trinajstić information content (AvgIpc) is 2.85. The monoisotopic (exact) mass is 283 g/mol. The summed E-state index contributed by atoms with van der Waals surface area (Å²) < 4.78 is 0. The van der Waals surface area contributed by atoms with E-state index in [0.29, 0.717) is 17.3 Å². The van der Waals surface area contributed by atoms with Gasteiger partial charge in [-0.2, -0.15) is 0 Å². The van der Waals surface area contributed by atoms with Crippen LogP contribution in [0.25, 0.3) is 0 Å². The van der Waals surface area contributed by atoms with Gasteiger partial charge in [0, 0.05) is 13.1 Å². The number of nitrogens with zero attached hydrogens (tertiary/aromatic N) is 1. The maximum Gasteiger partial charge on any atom is 0.263 e. The van der Waals surface area contributed by atoms with Crippen LogP contribution in [0.4, 0.5) is 5.13 Å². The second-order valence-electron chi connectivity index (χ2n) is 4.96. The van der Waals surface area contributed by atoms with Crippen molar-refractivity contribution < 1.29 is 9.90 Å². The van der Waals surface area contributed by atoms with Crippen LogP contribution in [0.5, 0.6) is 0 Å². The van der Waals surface area contributed by atoms with Gasteiger partial charge in [-0.15, -0.1) is 0 Å². The van der Waals surface area contributed by atoms with Crippen molar-refractivity contribution in [1.82, 2.24) is 10.3 Å². The summed E-state index contributed by atoms with van der Waals surface area (Å²) in [6, 6.07) is 0. The highest BCUT2D eigenvalue weighted by Crippen LogP contribution is 2.24. The van der Waals surface area contributed by atoms with Crippen molar-refractivity contribution in [3.63, 3.8) is 0 Å². The molecule has 1 amide bonds. The second kappa shape index (κ2) is 6.86. The molecule has 2 unspecified atom stereocenters. The van der Waals surface area contributed by atoms with Crippen LogP contribution in [0.2, 0.25) is 0 Å². The number of amides is 1. The topological polar surface area (TPSA) is 74.2 Å². The molecular weight excluding hydrogens is 262 g/mol. The fourth-order valence-electron chi connectivity index (χ4n) is 2.38. The molecule has 1 aliphatic rings. The molecule has 1 heterocycles. The molecule has 19 heavy (non-hydrogen) atoms. The summed E-state index contributed by atoms with van der Waals surface area (Å²) in [7, 11) is 0. The summed E-state index contributed by atoms with van der Waals surface area (Å²) in [5.74, 6) is 0.329. The number of anilines is 1. The van der Waals surface area contributed by atoms with Crippen molar-refractivity contribution >= 4 is 22.4 Å². The maximum absolute atomic E-state index is 12.0. The molecule has 2 rings (SSSR count). The largest absolute Gasteiger partial charge is 0.393 e. The minimum absolute atomic E-state index is 0.0679. The van der Waals surface area contributed by atoms with Crippen molar-refractivity contribution in [2.75, 3.05) is 18.4 Å². The maximum atomic E-state index is 12.0. The molecule has 106 valence electrons. The lowest BCUT2D eigenvalue weighted by atomic mass is 9.87. The van der Waals surface area contributed by atoms with Gasteiger partial charge in [-0.05, 0) is 32.1 Å². The Morgan fingerprint density at radius 3 is 3.16 bits per heavy atom. The number of hydrogen-bond donors (Lipinski definition) is 3. The van der Waals surface area contributed by atoms with E-state index >= 15 is 0 Å². The number of aromatic nitrogens is 1. The van der Waals surface area contributed by atoms with Gasteiger partial charge < -0.3 is 15.7 Å². The third-order valence-corrected chi connectivity index (χ3v) is 4.32. The number of nitrogens with one attached hydrogen (secondary N) is 2. The lowest BCUT2D eigenvalue weighted by Gasteiger charge is -2.25. The third kappa shape index (κ3) is 4.18. The van der Waals surface area contributed by atoms with E-state index in [-0.39, 0.29) is 12.0 Å². The summed E-state index contributed by atoms with van der Waals surface area (Å²) in [6.45, 7) is 3.44. The summed E-state index contributed by atoms with van der Waals surface area (Å²) in [6.07, 6.45) is 5.24. The van der Waals surface area contributed by atoms with Crippen LogP contribution in [0.3, 0.4) is 0 Å². The molecular formula is C13H21N3O2S. The third-order valence-electron chi connectivity index (χ3n) is 3.36. The molecule has 1 aromatic rings. The van der Waals surface area contributed by atoms with Crippen LogP contribution < -0.4 is 10.6 Å². The lowest BCUT2D eigenvalue weighted by molar-refractivity contribution is 0.0876. The first-order chi connectivity index (χ1) is 9.19. The number of aliphatic hydroxyl groups excluding tert-OH is 1. The Bertz CT molecular complexity index is 422. The zero-order valence-electron chi connectivity index (χ0n) is 11.2.